The molecular formula is C15H14F3N3O. The van der Waals surface area contributed by atoms with Gasteiger partial charge in [-0.15, -0.1) is 0 Å². The molecule has 1 unspecified atom stereocenters. The molecule has 2 aromatic rings. The number of nitrogens with zero attached hydrogens (tertiary/aromatic N) is 2. The summed E-state index contributed by atoms with van der Waals surface area (Å²) in [6, 6.07) is 4.75. The van der Waals surface area contributed by atoms with E-state index in [0.29, 0.717) is 24.0 Å². The van der Waals surface area contributed by atoms with E-state index in [4.69, 9.17) is 0 Å². The van der Waals surface area contributed by atoms with Crippen molar-refractivity contribution in [1.82, 2.24) is 9.88 Å². The summed E-state index contributed by atoms with van der Waals surface area (Å²) in [7, 11) is 1.73. The van der Waals surface area contributed by atoms with Gasteiger partial charge in [-0.25, -0.2) is 0 Å². The minimum Gasteiger partial charge on any atom is -0.373 e. The van der Waals surface area contributed by atoms with Crippen LogP contribution >= 0.6 is 0 Å². The summed E-state index contributed by atoms with van der Waals surface area (Å²) < 4.78 is 38.2. The van der Waals surface area contributed by atoms with Crippen LogP contribution in [0.3, 0.4) is 0 Å². The maximum atomic E-state index is 12.7. The van der Waals surface area contributed by atoms with Gasteiger partial charge in [-0.2, -0.15) is 13.2 Å². The average Bonchev–Trinajstić information content (AvgIpc) is 2.78. The summed E-state index contributed by atoms with van der Waals surface area (Å²) in [4.78, 5) is 17.5. The van der Waals surface area contributed by atoms with E-state index in [1.54, 1.807) is 18.0 Å². The zero-order valence-corrected chi connectivity index (χ0v) is 11.8. The van der Waals surface area contributed by atoms with Gasteiger partial charge in [0.05, 0.1) is 11.1 Å². The molecule has 7 heteroatoms. The molecular weight excluding hydrogens is 295 g/mol. The van der Waals surface area contributed by atoms with E-state index < -0.39 is 11.7 Å². The van der Waals surface area contributed by atoms with Crippen LogP contribution in [0.25, 0.3) is 10.9 Å². The van der Waals surface area contributed by atoms with Crippen LogP contribution in [-0.4, -0.2) is 35.4 Å². The first-order valence-corrected chi connectivity index (χ1v) is 6.84. The van der Waals surface area contributed by atoms with Crippen LogP contribution in [0.4, 0.5) is 18.9 Å². The molecule has 3 rings (SSSR count). The van der Waals surface area contributed by atoms with Crippen LogP contribution in [0, 0.1) is 0 Å². The quantitative estimate of drug-likeness (QED) is 0.928. The number of hydrogen-bond donors (Lipinski definition) is 1. The average molecular weight is 309 g/mol. The summed E-state index contributed by atoms with van der Waals surface area (Å²) in [5.74, 6) is -0.0168. The highest BCUT2D eigenvalue weighted by molar-refractivity contribution is 5.94. The highest BCUT2D eigenvalue weighted by Crippen LogP contribution is 2.33. The molecule has 116 valence electrons. The zero-order chi connectivity index (χ0) is 15.9. The number of hydrogen-bond acceptors (Lipinski definition) is 3. The van der Waals surface area contributed by atoms with Crippen molar-refractivity contribution < 1.29 is 18.0 Å². The smallest absolute Gasteiger partial charge is 0.373 e. The number of benzene rings is 1. The van der Waals surface area contributed by atoms with Crippen molar-refractivity contribution in [3.63, 3.8) is 0 Å². The lowest BCUT2D eigenvalue weighted by Crippen LogP contribution is -2.31. The van der Waals surface area contributed by atoms with Crippen molar-refractivity contribution in [2.24, 2.45) is 0 Å². The molecule has 1 N–H and O–H groups in total. The molecule has 0 spiro atoms. The van der Waals surface area contributed by atoms with Crippen molar-refractivity contribution in [3.05, 3.63) is 36.0 Å². The number of alkyl halides is 3. The summed E-state index contributed by atoms with van der Waals surface area (Å²) in [6.45, 7) is 0.664. The number of anilines is 1. The molecule has 1 aliphatic heterocycles. The van der Waals surface area contributed by atoms with Crippen LogP contribution in [0.2, 0.25) is 0 Å². The summed E-state index contributed by atoms with van der Waals surface area (Å²) in [6.07, 6.45) is -2.29. The van der Waals surface area contributed by atoms with Gasteiger partial charge in [-0.05, 0) is 24.6 Å². The Labute approximate surface area is 124 Å². The van der Waals surface area contributed by atoms with Crippen LogP contribution in [-0.2, 0) is 11.0 Å². The molecule has 1 aromatic heterocycles. The number of pyridine rings is 1. The molecule has 1 aliphatic rings. The largest absolute Gasteiger partial charge is 0.416 e. The molecule has 0 saturated carbocycles. The number of likely N-dealkylation sites (N-methyl/N-ethyl adjacent to an activating group) is 1. The maximum Gasteiger partial charge on any atom is 0.416 e. The third kappa shape index (κ3) is 2.58. The number of halogens is 3. The van der Waals surface area contributed by atoms with Crippen LogP contribution in [0.15, 0.2) is 30.5 Å². The highest BCUT2D eigenvalue weighted by atomic mass is 19.4. The van der Waals surface area contributed by atoms with Crippen LogP contribution < -0.4 is 5.32 Å². The number of nitrogens with one attached hydrogen (secondary N) is 1. The van der Waals surface area contributed by atoms with E-state index in [2.05, 4.69) is 10.3 Å². The Bertz CT molecular complexity index is 730. The zero-order valence-electron chi connectivity index (χ0n) is 11.8. The minimum absolute atomic E-state index is 0.0168. The van der Waals surface area contributed by atoms with Crippen molar-refractivity contribution in [2.45, 2.75) is 18.6 Å². The molecule has 1 amide bonds. The summed E-state index contributed by atoms with van der Waals surface area (Å²) in [5, 5.41) is 3.68. The molecule has 1 atom stereocenters. The molecule has 2 heterocycles. The van der Waals surface area contributed by atoms with Crippen molar-refractivity contribution in [2.75, 3.05) is 18.9 Å². The highest BCUT2D eigenvalue weighted by Gasteiger charge is 2.31. The Balaban J connectivity index is 1.96. The third-order valence-electron chi connectivity index (χ3n) is 3.83. The number of fused-ring (bicyclic) bond motifs is 1. The summed E-state index contributed by atoms with van der Waals surface area (Å²) >= 11 is 0. The summed E-state index contributed by atoms with van der Waals surface area (Å²) in [5.41, 5.74) is 0.132. The van der Waals surface area contributed by atoms with Gasteiger partial charge in [0.15, 0.2) is 0 Å². The fourth-order valence-corrected chi connectivity index (χ4v) is 2.59. The molecule has 1 saturated heterocycles. The standard InChI is InChI=1S/C15H14F3N3O/c1-21-7-5-12(14(21)22)20-11-4-6-19-13-8-9(15(16,17)18)2-3-10(11)13/h2-4,6,8,12H,5,7H2,1H3,(H,19,20). The van der Waals surface area contributed by atoms with Gasteiger partial charge < -0.3 is 10.2 Å². The number of rotatable bonds is 2. The Morgan fingerprint density at radius 1 is 1.32 bits per heavy atom. The topological polar surface area (TPSA) is 45.2 Å². The number of amides is 1. The second-order valence-corrected chi connectivity index (χ2v) is 5.33. The Kier molecular flexibility index (Phi) is 3.42. The first-order valence-electron chi connectivity index (χ1n) is 6.84. The van der Waals surface area contributed by atoms with Gasteiger partial charge in [0.25, 0.3) is 0 Å². The van der Waals surface area contributed by atoms with Gasteiger partial charge >= 0.3 is 6.18 Å². The van der Waals surface area contributed by atoms with Crippen molar-refractivity contribution >= 4 is 22.5 Å². The first kappa shape index (κ1) is 14.6. The predicted molar refractivity (Wildman–Crippen MR) is 76.4 cm³/mol. The molecule has 1 aromatic carbocycles. The molecule has 0 bridgehead atoms. The van der Waals surface area contributed by atoms with Gasteiger partial charge in [-0.3, -0.25) is 9.78 Å². The molecule has 0 aliphatic carbocycles. The number of aromatic nitrogens is 1. The Hall–Kier alpha value is -2.31. The second-order valence-electron chi connectivity index (χ2n) is 5.33. The third-order valence-corrected chi connectivity index (χ3v) is 3.83. The minimum atomic E-state index is -4.40. The fourth-order valence-electron chi connectivity index (χ4n) is 2.59. The lowest BCUT2D eigenvalue weighted by atomic mass is 10.1. The number of carbonyl (C=O) groups is 1. The van der Waals surface area contributed by atoms with Gasteiger partial charge in [0.2, 0.25) is 5.91 Å². The molecule has 22 heavy (non-hydrogen) atoms. The van der Waals surface area contributed by atoms with Gasteiger partial charge in [0.1, 0.15) is 6.04 Å². The van der Waals surface area contributed by atoms with Crippen LogP contribution in [0.1, 0.15) is 12.0 Å². The van der Waals surface area contributed by atoms with E-state index in [9.17, 15) is 18.0 Å². The van der Waals surface area contributed by atoms with Crippen molar-refractivity contribution in [1.29, 1.82) is 0 Å². The first-order chi connectivity index (χ1) is 10.4. The SMILES string of the molecule is CN1CCC(Nc2ccnc3cc(C(F)(F)F)ccc23)C1=O. The second kappa shape index (κ2) is 5.15. The number of likely N-dealkylation sites (tertiary alicyclic amines) is 1. The fraction of sp³-hybridized carbons (Fsp3) is 0.333. The Morgan fingerprint density at radius 3 is 2.73 bits per heavy atom. The normalized spacial score (nSPS) is 19.0. The lowest BCUT2D eigenvalue weighted by Gasteiger charge is -2.15. The van der Waals surface area contributed by atoms with E-state index in [1.807, 2.05) is 0 Å². The van der Waals surface area contributed by atoms with Crippen LogP contribution in [0.5, 0.6) is 0 Å². The molecule has 1 fully saturated rings. The van der Waals surface area contributed by atoms with E-state index in [-0.39, 0.29) is 17.5 Å². The van der Waals surface area contributed by atoms with E-state index >= 15 is 0 Å². The lowest BCUT2D eigenvalue weighted by molar-refractivity contribution is -0.137. The molecule has 4 nitrogen and oxygen atoms in total. The molecule has 0 radical (unpaired) electrons. The Morgan fingerprint density at radius 2 is 2.09 bits per heavy atom. The maximum absolute atomic E-state index is 12.7. The monoisotopic (exact) mass is 309 g/mol. The van der Waals surface area contributed by atoms with Gasteiger partial charge in [-0.1, -0.05) is 6.07 Å². The van der Waals surface area contributed by atoms with E-state index in [1.165, 1.54) is 12.3 Å². The number of carbonyl (C=O) groups excluding carboxylic acids is 1. The van der Waals surface area contributed by atoms with Gasteiger partial charge in [0, 0.05) is 30.9 Å². The predicted octanol–water partition coefficient (Wildman–Crippen LogP) is 2.90. The van der Waals surface area contributed by atoms with Crippen molar-refractivity contribution in [3.8, 4) is 0 Å². The van der Waals surface area contributed by atoms with E-state index in [0.717, 1.165) is 12.1 Å².